The van der Waals surface area contributed by atoms with E-state index in [-0.39, 0.29) is 11.8 Å². The molecule has 0 bridgehead atoms. The number of hydrogen-bond donors (Lipinski definition) is 1. The Hall–Kier alpha value is -1.85. The van der Waals surface area contributed by atoms with Crippen molar-refractivity contribution in [1.82, 2.24) is 10.2 Å². The molecule has 0 saturated heterocycles. The minimum absolute atomic E-state index is 0.0824. The van der Waals surface area contributed by atoms with E-state index in [1.165, 1.54) is 0 Å². The van der Waals surface area contributed by atoms with Gasteiger partial charge in [0.05, 0.1) is 0 Å². The zero-order chi connectivity index (χ0) is 19.1. The summed E-state index contributed by atoms with van der Waals surface area (Å²) in [6.45, 7) is 2.11. The third-order valence-electron chi connectivity index (χ3n) is 4.22. The fourth-order valence-electron chi connectivity index (χ4n) is 2.71. The standard InChI is InChI=1S/C20H22BrClN2O2/c1-14(20(26)23-2)24(13-15-6-5-8-17(21)12-15)19(25)11-10-16-7-3-4-9-18(16)22/h3-9,12,14H,10-11,13H2,1-2H3,(H,23,26)/t14-/m0/s1. The predicted molar refractivity (Wildman–Crippen MR) is 108 cm³/mol. The summed E-state index contributed by atoms with van der Waals surface area (Å²) in [7, 11) is 1.57. The van der Waals surface area contributed by atoms with Crippen LogP contribution in [0.15, 0.2) is 53.0 Å². The Kier molecular flexibility index (Phi) is 7.66. The first kappa shape index (κ1) is 20.5. The quantitative estimate of drug-likeness (QED) is 0.706. The summed E-state index contributed by atoms with van der Waals surface area (Å²) in [5.74, 6) is -0.271. The van der Waals surface area contributed by atoms with Gasteiger partial charge in [0.15, 0.2) is 0 Å². The molecule has 2 aromatic carbocycles. The minimum atomic E-state index is -0.558. The first-order valence-electron chi connectivity index (χ1n) is 8.41. The number of likely N-dealkylation sites (N-methyl/N-ethyl adjacent to an activating group) is 1. The van der Waals surface area contributed by atoms with Crippen LogP contribution in [0.4, 0.5) is 0 Å². The lowest BCUT2D eigenvalue weighted by atomic mass is 10.1. The van der Waals surface area contributed by atoms with Gasteiger partial charge in [-0.15, -0.1) is 0 Å². The van der Waals surface area contributed by atoms with Crippen LogP contribution in [0.5, 0.6) is 0 Å². The second-order valence-corrected chi connectivity index (χ2v) is 7.36. The van der Waals surface area contributed by atoms with Gasteiger partial charge in [-0.25, -0.2) is 0 Å². The fraction of sp³-hybridized carbons (Fsp3) is 0.300. The summed E-state index contributed by atoms with van der Waals surface area (Å²) in [6.07, 6.45) is 0.826. The van der Waals surface area contributed by atoms with E-state index in [4.69, 9.17) is 11.6 Å². The van der Waals surface area contributed by atoms with Crippen LogP contribution in [0.1, 0.15) is 24.5 Å². The number of halogens is 2. The molecule has 0 aliphatic carbocycles. The molecule has 26 heavy (non-hydrogen) atoms. The van der Waals surface area contributed by atoms with Crippen molar-refractivity contribution < 1.29 is 9.59 Å². The number of carbonyl (C=O) groups is 2. The molecule has 2 rings (SSSR count). The van der Waals surface area contributed by atoms with Gasteiger partial charge in [-0.05, 0) is 42.7 Å². The molecular formula is C20H22BrClN2O2. The topological polar surface area (TPSA) is 49.4 Å². The van der Waals surface area contributed by atoms with E-state index in [2.05, 4.69) is 21.2 Å². The van der Waals surface area contributed by atoms with E-state index >= 15 is 0 Å². The Morgan fingerprint density at radius 2 is 1.92 bits per heavy atom. The molecule has 0 fully saturated rings. The first-order valence-corrected chi connectivity index (χ1v) is 9.58. The molecule has 138 valence electrons. The summed E-state index contributed by atoms with van der Waals surface area (Å²) in [6, 6.07) is 14.7. The van der Waals surface area contributed by atoms with Crippen LogP contribution >= 0.6 is 27.5 Å². The highest BCUT2D eigenvalue weighted by Crippen LogP contribution is 2.19. The molecule has 0 radical (unpaired) electrons. The summed E-state index contributed by atoms with van der Waals surface area (Å²) in [5.41, 5.74) is 1.89. The number of amides is 2. The second kappa shape index (κ2) is 9.74. The van der Waals surface area contributed by atoms with Gasteiger partial charge in [-0.2, -0.15) is 0 Å². The van der Waals surface area contributed by atoms with E-state index < -0.39 is 6.04 Å². The number of rotatable bonds is 7. The van der Waals surface area contributed by atoms with Crippen LogP contribution in [0.3, 0.4) is 0 Å². The van der Waals surface area contributed by atoms with Crippen molar-refractivity contribution in [3.8, 4) is 0 Å². The number of aryl methyl sites for hydroxylation is 1. The molecule has 0 aromatic heterocycles. The Balaban J connectivity index is 2.15. The highest BCUT2D eigenvalue weighted by atomic mass is 79.9. The highest BCUT2D eigenvalue weighted by molar-refractivity contribution is 9.10. The van der Waals surface area contributed by atoms with Crippen molar-refractivity contribution in [2.24, 2.45) is 0 Å². The average Bonchev–Trinajstić information content (AvgIpc) is 2.64. The van der Waals surface area contributed by atoms with E-state index in [9.17, 15) is 9.59 Å². The lowest BCUT2D eigenvalue weighted by molar-refractivity contribution is -0.140. The summed E-state index contributed by atoms with van der Waals surface area (Å²) in [5, 5.41) is 3.27. The molecule has 2 aromatic rings. The molecule has 0 unspecified atom stereocenters. The van der Waals surface area contributed by atoms with Crippen molar-refractivity contribution in [3.63, 3.8) is 0 Å². The van der Waals surface area contributed by atoms with E-state index in [1.807, 2.05) is 48.5 Å². The van der Waals surface area contributed by atoms with Gasteiger partial charge in [0.25, 0.3) is 0 Å². The van der Waals surface area contributed by atoms with Crippen molar-refractivity contribution in [2.45, 2.75) is 32.4 Å². The summed E-state index contributed by atoms with van der Waals surface area (Å²) < 4.78 is 0.936. The largest absolute Gasteiger partial charge is 0.357 e. The number of benzene rings is 2. The van der Waals surface area contributed by atoms with Crippen molar-refractivity contribution in [3.05, 3.63) is 69.2 Å². The molecule has 0 saturated carbocycles. The molecular weight excluding hydrogens is 416 g/mol. The van der Waals surface area contributed by atoms with Crippen LogP contribution in [-0.2, 0) is 22.6 Å². The van der Waals surface area contributed by atoms with Gasteiger partial charge in [-0.1, -0.05) is 57.9 Å². The van der Waals surface area contributed by atoms with Gasteiger partial charge in [-0.3, -0.25) is 9.59 Å². The Morgan fingerprint density at radius 3 is 2.58 bits per heavy atom. The molecule has 0 aliphatic rings. The van der Waals surface area contributed by atoms with Gasteiger partial charge in [0, 0.05) is 29.5 Å². The predicted octanol–water partition coefficient (Wildman–Crippen LogP) is 4.20. The van der Waals surface area contributed by atoms with Crippen LogP contribution in [0.25, 0.3) is 0 Å². The molecule has 2 amide bonds. The lowest BCUT2D eigenvalue weighted by Crippen LogP contribution is -2.46. The van der Waals surface area contributed by atoms with Crippen molar-refractivity contribution >= 4 is 39.3 Å². The van der Waals surface area contributed by atoms with Gasteiger partial charge < -0.3 is 10.2 Å². The van der Waals surface area contributed by atoms with Crippen LogP contribution in [0.2, 0.25) is 5.02 Å². The normalized spacial score (nSPS) is 11.7. The second-order valence-electron chi connectivity index (χ2n) is 6.03. The molecule has 0 spiro atoms. The Labute approximate surface area is 167 Å². The Bertz CT molecular complexity index is 782. The summed E-state index contributed by atoms with van der Waals surface area (Å²) >= 11 is 9.62. The maximum absolute atomic E-state index is 12.9. The SMILES string of the molecule is CNC(=O)[C@H](C)N(Cc1cccc(Br)c1)C(=O)CCc1ccccc1Cl. The fourth-order valence-corrected chi connectivity index (χ4v) is 3.39. The molecule has 1 N–H and O–H groups in total. The average molecular weight is 438 g/mol. The monoisotopic (exact) mass is 436 g/mol. The van der Waals surface area contributed by atoms with Crippen LogP contribution < -0.4 is 5.32 Å². The number of hydrogen-bond acceptors (Lipinski definition) is 2. The van der Waals surface area contributed by atoms with E-state index in [1.54, 1.807) is 18.9 Å². The van der Waals surface area contributed by atoms with Gasteiger partial charge in [0.2, 0.25) is 11.8 Å². The number of carbonyl (C=O) groups excluding carboxylic acids is 2. The minimum Gasteiger partial charge on any atom is -0.357 e. The van der Waals surface area contributed by atoms with E-state index in [0.29, 0.717) is 24.4 Å². The van der Waals surface area contributed by atoms with Crippen molar-refractivity contribution in [1.29, 1.82) is 0 Å². The molecule has 6 heteroatoms. The molecule has 4 nitrogen and oxygen atoms in total. The van der Waals surface area contributed by atoms with Crippen LogP contribution in [0, 0.1) is 0 Å². The third-order valence-corrected chi connectivity index (χ3v) is 5.08. The lowest BCUT2D eigenvalue weighted by Gasteiger charge is -2.28. The van der Waals surface area contributed by atoms with Gasteiger partial charge in [0.1, 0.15) is 6.04 Å². The Morgan fingerprint density at radius 1 is 1.19 bits per heavy atom. The van der Waals surface area contributed by atoms with Crippen LogP contribution in [-0.4, -0.2) is 29.8 Å². The smallest absolute Gasteiger partial charge is 0.242 e. The molecule has 0 aliphatic heterocycles. The molecule has 0 heterocycles. The maximum atomic E-state index is 12.9. The maximum Gasteiger partial charge on any atom is 0.242 e. The first-order chi connectivity index (χ1) is 12.4. The van der Waals surface area contributed by atoms with Gasteiger partial charge >= 0.3 is 0 Å². The number of nitrogens with one attached hydrogen (secondary N) is 1. The third kappa shape index (κ3) is 5.58. The zero-order valence-electron chi connectivity index (χ0n) is 14.8. The zero-order valence-corrected chi connectivity index (χ0v) is 17.2. The summed E-state index contributed by atoms with van der Waals surface area (Å²) in [4.78, 5) is 26.6. The number of nitrogens with zero attached hydrogens (tertiary/aromatic N) is 1. The van der Waals surface area contributed by atoms with E-state index in [0.717, 1.165) is 15.6 Å². The molecule has 1 atom stereocenters. The highest BCUT2D eigenvalue weighted by Gasteiger charge is 2.25. The van der Waals surface area contributed by atoms with Crippen molar-refractivity contribution in [2.75, 3.05) is 7.05 Å².